The van der Waals surface area contributed by atoms with Crippen molar-refractivity contribution >= 4 is 28.5 Å². The lowest BCUT2D eigenvalue weighted by atomic mass is 9.98. The zero-order valence-electron chi connectivity index (χ0n) is 18.4. The molecule has 0 saturated carbocycles. The number of urea groups is 1. The van der Waals surface area contributed by atoms with E-state index in [1.54, 1.807) is 7.11 Å². The van der Waals surface area contributed by atoms with Gasteiger partial charge in [0, 0.05) is 28.9 Å². The van der Waals surface area contributed by atoms with E-state index in [2.05, 4.69) is 39.3 Å². The van der Waals surface area contributed by atoms with Gasteiger partial charge < -0.3 is 15.0 Å². The molecule has 172 valence electrons. The second-order valence-corrected chi connectivity index (χ2v) is 8.25. The maximum absolute atomic E-state index is 14.4. The molecule has 2 aliphatic heterocycles. The van der Waals surface area contributed by atoms with Gasteiger partial charge in [-0.2, -0.15) is 0 Å². The standard InChI is InChI=1S/C24H20FN5O4/c1-12-18(34-3)5-4-15-10-30(13(2)19(12)15)11-24(22(32)26-23(33)27-24)7-6-14-8-16(25)20-17(9-14)28-29-21(20)31/h4-5,8-9H,2,10-11H2,1,3H3,(H2,28,29,31)(H2,26,27,32,33). The van der Waals surface area contributed by atoms with Crippen molar-refractivity contribution in [2.45, 2.75) is 19.0 Å². The van der Waals surface area contributed by atoms with Gasteiger partial charge in [0.15, 0.2) is 0 Å². The van der Waals surface area contributed by atoms with Gasteiger partial charge in [-0.3, -0.25) is 25.1 Å². The van der Waals surface area contributed by atoms with Gasteiger partial charge >= 0.3 is 6.03 Å². The normalized spacial score (nSPS) is 19.0. The van der Waals surface area contributed by atoms with E-state index in [1.807, 2.05) is 24.0 Å². The minimum Gasteiger partial charge on any atom is -0.496 e. The van der Waals surface area contributed by atoms with Gasteiger partial charge in [-0.05, 0) is 30.7 Å². The number of rotatable bonds is 3. The molecule has 2 aromatic carbocycles. The molecule has 10 heteroatoms. The van der Waals surface area contributed by atoms with Crippen LogP contribution in [0.3, 0.4) is 0 Å². The Balaban J connectivity index is 1.51. The Morgan fingerprint density at radius 2 is 2.03 bits per heavy atom. The van der Waals surface area contributed by atoms with E-state index in [1.165, 1.54) is 6.07 Å². The molecule has 0 aliphatic carbocycles. The average molecular weight is 461 g/mol. The number of amides is 3. The fourth-order valence-corrected chi connectivity index (χ4v) is 4.50. The molecule has 9 nitrogen and oxygen atoms in total. The molecule has 3 amide bonds. The minimum absolute atomic E-state index is 0.0263. The number of imide groups is 1. The molecular formula is C24H20FN5O4. The Hall–Kier alpha value is -4.52. The van der Waals surface area contributed by atoms with Crippen molar-refractivity contribution in [3.8, 4) is 17.6 Å². The third-order valence-electron chi connectivity index (χ3n) is 6.17. The first-order chi connectivity index (χ1) is 16.2. The third-order valence-corrected chi connectivity index (χ3v) is 6.17. The molecule has 4 N–H and O–H groups in total. The summed E-state index contributed by atoms with van der Waals surface area (Å²) in [5.41, 5.74) is 1.86. The molecule has 3 aromatic rings. The molecule has 1 unspecified atom stereocenters. The number of halogens is 1. The molecule has 5 rings (SSSR count). The molecule has 34 heavy (non-hydrogen) atoms. The summed E-state index contributed by atoms with van der Waals surface area (Å²) in [6.45, 7) is 6.62. The van der Waals surface area contributed by atoms with Gasteiger partial charge in [-0.25, -0.2) is 9.18 Å². The molecule has 1 saturated heterocycles. The first-order valence-electron chi connectivity index (χ1n) is 10.4. The van der Waals surface area contributed by atoms with Gasteiger partial charge in [0.05, 0.1) is 19.2 Å². The van der Waals surface area contributed by atoms with E-state index in [4.69, 9.17) is 4.74 Å². The summed E-state index contributed by atoms with van der Waals surface area (Å²) in [5.74, 6) is 4.98. The predicted octanol–water partition coefficient (Wildman–Crippen LogP) is 1.73. The largest absolute Gasteiger partial charge is 0.496 e. The lowest BCUT2D eigenvalue weighted by Gasteiger charge is -2.28. The summed E-state index contributed by atoms with van der Waals surface area (Å²) in [6, 6.07) is 5.75. The molecule has 1 fully saturated rings. The molecule has 0 bridgehead atoms. The number of nitrogens with one attached hydrogen (secondary N) is 4. The van der Waals surface area contributed by atoms with E-state index in [0.717, 1.165) is 28.5 Å². The first-order valence-corrected chi connectivity index (χ1v) is 10.4. The number of hydrogen-bond acceptors (Lipinski definition) is 5. The van der Waals surface area contributed by atoms with Crippen LogP contribution in [0.2, 0.25) is 0 Å². The lowest BCUT2D eigenvalue weighted by Crippen LogP contribution is -2.53. The third kappa shape index (κ3) is 3.21. The molecule has 2 aliphatic rings. The van der Waals surface area contributed by atoms with Crippen LogP contribution >= 0.6 is 0 Å². The first kappa shape index (κ1) is 21.3. The second-order valence-electron chi connectivity index (χ2n) is 8.25. The van der Waals surface area contributed by atoms with Gasteiger partial charge in [0.2, 0.25) is 5.54 Å². The van der Waals surface area contributed by atoms with E-state index in [9.17, 15) is 18.8 Å². The highest BCUT2D eigenvalue weighted by molar-refractivity contribution is 6.09. The van der Waals surface area contributed by atoms with Crippen LogP contribution in [0.4, 0.5) is 9.18 Å². The van der Waals surface area contributed by atoms with Crippen LogP contribution in [0.25, 0.3) is 16.6 Å². The van der Waals surface area contributed by atoms with Crippen LogP contribution in [0.15, 0.2) is 35.6 Å². The summed E-state index contributed by atoms with van der Waals surface area (Å²) in [4.78, 5) is 38.5. The van der Waals surface area contributed by atoms with Crippen molar-refractivity contribution < 1.29 is 18.7 Å². The average Bonchev–Trinajstić information content (AvgIpc) is 3.41. The number of aromatic nitrogens is 2. The number of ether oxygens (including phenoxy) is 1. The number of aromatic amines is 2. The van der Waals surface area contributed by atoms with Crippen LogP contribution in [-0.2, 0) is 11.3 Å². The highest BCUT2D eigenvalue weighted by Crippen LogP contribution is 2.38. The molecule has 3 heterocycles. The van der Waals surface area contributed by atoms with Crippen molar-refractivity contribution in [1.29, 1.82) is 0 Å². The van der Waals surface area contributed by atoms with Crippen molar-refractivity contribution in [3.63, 3.8) is 0 Å². The Bertz CT molecular complexity index is 1530. The number of hydrogen-bond donors (Lipinski definition) is 4. The maximum atomic E-state index is 14.4. The number of benzene rings is 2. The topological polar surface area (TPSA) is 119 Å². The van der Waals surface area contributed by atoms with Crippen LogP contribution in [0.5, 0.6) is 5.75 Å². The molecule has 1 atom stereocenters. The molecule has 0 radical (unpaired) electrons. The maximum Gasteiger partial charge on any atom is 0.323 e. The van der Waals surface area contributed by atoms with Crippen LogP contribution in [0.1, 0.15) is 22.3 Å². The van der Waals surface area contributed by atoms with E-state index in [0.29, 0.717) is 12.2 Å². The van der Waals surface area contributed by atoms with E-state index < -0.39 is 28.9 Å². The smallest absolute Gasteiger partial charge is 0.323 e. The van der Waals surface area contributed by atoms with Crippen molar-refractivity contribution in [2.75, 3.05) is 13.7 Å². The molecule has 0 spiro atoms. The fourth-order valence-electron chi connectivity index (χ4n) is 4.50. The van der Waals surface area contributed by atoms with Gasteiger partial charge in [-0.1, -0.05) is 24.5 Å². The number of carbonyl (C=O) groups is 2. The van der Waals surface area contributed by atoms with Crippen molar-refractivity contribution in [1.82, 2.24) is 25.7 Å². The van der Waals surface area contributed by atoms with Gasteiger partial charge in [0.1, 0.15) is 17.0 Å². The highest BCUT2D eigenvalue weighted by atomic mass is 19.1. The summed E-state index contributed by atoms with van der Waals surface area (Å²) < 4.78 is 19.8. The zero-order valence-corrected chi connectivity index (χ0v) is 18.4. The summed E-state index contributed by atoms with van der Waals surface area (Å²) in [7, 11) is 1.59. The van der Waals surface area contributed by atoms with E-state index >= 15 is 0 Å². The van der Waals surface area contributed by atoms with Crippen molar-refractivity contribution in [2.24, 2.45) is 0 Å². The summed E-state index contributed by atoms with van der Waals surface area (Å²) in [5, 5.41) is 9.65. The second kappa shape index (κ2) is 7.52. The van der Waals surface area contributed by atoms with Gasteiger partial charge in [-0.15, -0.1) is 0 Å². The van der Waals surface area contributed by atoms with E-state index in [-0.39, 0.29) is 23.0 Å². The Labute approximate surface area is 193 Å². The number of carbonyl (C=O) groups excluding carboxylic acids is 2. The number of H-pyrrole nitrogens is 2. The number of methoxy groups -OCH3 is 1. The molecule has 1 aromatic heterocycles. The zero-order chi connectivity index (χ0) is 24.2. The Kier molecular flexibility index (Phi) is 4.72. The monoisotopic (exact) mass is 461 g/mol. The minimum atomic E-state index is -1.59. The Morgan fingerprint density at radius 3 is 2.74 bits per heavy atom. The van der Waals surface area contributed by atoms with Crippen LogP contribution in [0, 0.1) is 24.6 Å². The molecular weight excluding hydrogens is 441 g/mol. The van der Waals surface area contributed by atoms with Crippen molar-refractivity contribution in [3.05, 3.63) is 69.3 Å². The predicted molar refractivity (Wildman–Crippen MR) is 122 cm³/mol. The summed E-state index contributed by atoms with van der Waals surface area (Å²) in [6.07, 6.45) is 0. The van der Waals surface area contributed by atoms with Crippen LogP contribution < -0.4 is 20.9 Å². The van der Waals surface area contributed by atoms with Gasteiger partial charge in [0.25, 0.3) is 11.5 Å². The number of nitrogens with zero attached hydrogens (tertiary/aromatic N) is 1. The lowest BCUT2D eigenvalue weighted by molar-refractivity contribution is -0.122. The number of fused-ring (bicyclic) bond motifs is 2. The fraction of sp³-hybridized carbons (Fsp3) is 0.208. The highest BCUT2D eigenvalue weighted by Gasteiger charge is 2.47. The Morgan fingerprint density at radius 1 is 1.24 bits per heavy atom. The quantitative estimate of drug-likeness (QED) is 0.350. The summed E-state index contributed by atoms with van der Waals surface area (Å²) >= 11 is 0. The SMILES string of the molecule is C=C1c2c(ccc(OC)c2C)CN1CC1(C#Cc2cc(F)c3c(=O)[nH][nH]c3c2)NC(=O)NC1=O. The van der Waals surface area contributed by atoms with Crippen LogP contribution in [-0.4, -0.2) is 46.2 Å².